The fourth-order valence-corrected chi connectivity index (χ4v) is 2.61. The van der Waals surface area contributed by atoms with Crippen molar-refractivity contribution in [1.82, 2.24) is 9.97 Å². The molecule has 90 valence electrons. The van der Waals surface area contributed by atoms with E-state index in [0.717, 1.165) is 33.1 Å². The van der Waals surface area contributed by atoms with E-state index in [-0.39, 0.29) is 0 Å². The average Bonchev–Trinajstić information content (AvgIpc) is 2.79. The van der Waals surface area contributed by atoms with Crippen LogP contribution in [0.2, 0.25) is 0 Å². The summed E-state index contributed by atoms with van der Waals surface area (Å²) in [6, 6.07) is 9.72. The first-order chi connectivity index (χ1) is 8.81. The quantitative estimate of drug-likeness (QED) is 0.707. The highest BCUT2D eigenvalue weighted by Crippen LogP contribution is 2.27. The van der Waals surface area contributed by atoms with Crippen molar-refractivity contribution in [3.63, 3.8) is 0 Å². The number of hydrogen-bond acceptors (Lipinski definition) is 5. The van der Waals surface area contributed by atoms with E-state index in [4.69, 9.17) is 5.73 Å². The van der Waals surface area contributed by atoms with Gasteiger partial charge in [0.15, 0.2) is 5.13 Å². The van der Waals surface area contributed by atoms with E-state index in [0.29, 0.717) is 0 Å². The number of thiazole rings is 1. The third-order valence-electron chi connectivity index (χ3n) is 2.58. The fraction of sp³-hybridized carbons (Fsp3) is 0.0769. The van der Waals surface area contributed by atoms with E-state index >= 15 is 0 Å². The van der Waals surface area contributed by atoms with Gasteiger partial charge in [-0.2, -0.15) is 0 Å². The predicted octanol–water partition coefficient (Wildman–Crippen LogP) is 2.89. The van der Waals surface area contributed by atoms with Crippen molar-refractivity contribution in [3.05, 3.63) is 48.3 Å². The van der Waals surface area contributed by atoms with Crippen molar-refractivity contribution in [3.8, 4) is 0 Å². The molecule has 0 saturated carbocycles. The molecule has 0 spiro atoms. The molecule has 1 aromatic carbocycles. The maximum Gasteiger partial charge on any atom is 0.184 e. The van der Waals surface area contributed by atoms with Gasteiger partial charge >= 0.3 is 0 Å². The van der Waals surface area contributed by atoms with Gasteiger partial charge in [0.2, 0.25) is 0 Å². The molecule has 3 rings (SSSR count). The van der Waals surface area contributed by atoms with Crippen molar-refractivity contribution in [2.75, 3.05) is 11.1 Å². The van der Waals surface area contributed by atoms with E-state index in [1.807, 2.05) is 36.5 Å². The van der Waals surface area contributed by atoms with E-state index in [9.17, 15) is 0 Å². The summed E-state index contributed by atoms with van der Waals surface area (Å²) in [5.41, 5.74) is 8.63. The molecule has 18 heavy (non-hydrogen) atoms. The van der Waals surface area contributed by atoms with Crippen molar-refractivity contribution in [2.24, 2.45) is 0 Å². The Morgan fingerprint density at radius 3 is 3.06 bits per heavy atom. The van der Waals surface area contributed by atoms with Crippen LogP contribution in [0.5, 0.6) is 0 Å². The number of nitrogens with two attached hydrogens (primary N) is 1. The molecule has 0 aliphatic heterocycles. The number of anilines is 2. The minimum Gasteiger partial charge on any atom is -0.399 e. The Balaban J connectivity index is 1.79. The lowest BCUT2D eigenvalue weighted by Gasteiger charge is -2.00. The minimum atomic E-state index is 0.725. The van der Waals surface area contributed by atoms with Crippen LogP contribution in [-0.4, -0.2) is 9.97 Å². The monoisotopic (exact) mass is 256 g/mol. The van der Waals surface area contributed by atoms with Gasteiger partial charge < -0.3 is 11.1 Å². The molecular formula is C13H12N4S. The van der Waals surface area contributed by atoms with Crippen LogP contribution in [0.1, 0.15) is 5.56 Å². The van der Waals surface area contributed by atoms with Gasteiger partial charge in [-0.05, 0) is 29.8 Å². The van der Waals surface area contributed by atoms with Gasteiger partial charge in [0.05, 0.1) is 10.2 Å². The van der Waals surface area contributed by atoms with Crippen molar-refractivity contribution >= 4 is 32.4 Å². The first-order valence-corrected chi connectivity index (χ1v) is 6.42. The topological polar surface area (TPSA) is 63.8 Å². The van der Waals surface area contributed by atoms with Gasteiger partial charge in [0.1, 0.15) is 0 Å². The number of rotatable bonds is 3. The molecule has 0 bridgehead atoms. The zero-order chi connectivity index (χ0) is 12.4. The summed E-state index contributed by atoms with van der Waals surface area (Å²) in [6.07, 6.45) is 3.61. The van der Waals surface area contributed by atoms with Crippen LogP contribution in [0.4, 0.5) is 10.8 Å². The van der Waals surface area contributed by atoms with Crippen LogP contribution < -0.4 is 11.1 Å². The zero-order valence-corrected chi connectivity index (χ0v) is 10.4. The van der Waals surface area contributed by atoms with Gasteiger partial charge in [-0.25, -0.2) is 4.98 Å². The number of nitrogens with zero attached hydrogens (tertiary/aromatic N) is 2. The highest BCUT2D eigenvalue weighted by Gasteiger charge is 2.03. The van der Waals surface area contributed by atoms with Gasteiger partial charge in [0, 0.05) is 24.6 Å². The molecule has 3 aromatic rings. The lowest BCUT2D eigenvalue weighted by atomic mass is 10.3. The Kier molecular flexibility index (Phi) is 2.82. The molecule has 0 atom stereocenters. The fourth-order valence-electron chi connectivity index (χ4n) is 1.70. The second kappa shape index (κ2) is 4.62. The highest BCUT2D eigenvalue weighted by molar-refractivity contribution is 7.22. The smallest absolute Gasteiger partial charge is 0.184 e. The van der Waals surface area contributed by atoms with Crippen LogP contribution in [0.15, 0.2) is 42.7 Å². The Morgan fingerprint density at radius 2 is 2.22 bits per heavy atom. The number of benzene rings is 1. The van der Waals surface area contributed by atoms with Crippen molar-refractivity contribution in [1.29, 1.82) is 0 Å². The van der Waals surface area contributed by atoms with E-state index in [1.165, 1.54) is 0 Å². The molecule has 0 unspecified atom stereocenters. The van der Waals surface area contributed by atoms with Gasteiger partial charge in [-0.15, -0.1) is 0 Å². The molecule has 0 saturated heterocycles. The molecule has 2 heterocycles. The Hall–Kier alpha value is -2.14. The Labute approximate surface area is 109 Å². The molecule has 2 aromatic heterocycles. The summed E-state index contributed by atoms with van der Waals surface area (Å²) in [7, 11) is 0. The number of nitrogens with one attached hydrogen (secondary N) is 1. The highest BCUT2D eigenvalue weighted by atomic mass is 32.1. The molecule has 5 heteroatoms. The largest absolute Gasteiger partial charge is 0.399 e. The van der Waals surface area contributed by atoms with Crippen LogP contribution >= 0.6 is 11.3 Å². The number of nitrogen functional groups attached to an aromatic ring is 1. The van der Waals surface area contributed by atoms with Crippen LogP contribution in [0.3, 0.4) is 0 Å². The average molecular weight is 256 g/mol. The summed E-state index contributed by atoms with van der Waals surface area (Å²) in [5, 5.41) is 4.20. The normalized spacial score (nSPS) is 10.7. The van der Waals surface area contributed by atoms with E-state index in [1.54, 1.807) is 17.5 Å². The first kappa shape index (κ1) is 11.0. The second-order valence-corrected chi connectivity index (χ2v) is 4.99. The van der Waals surface area contributed by atoms with Gasteiger partial charge in [-0.3, -0.25) is 4.98 Å². The predicted molar refractivity (Wildman–Crippen MR) is 75.6 cm³/mol. The molecule has 0 aliphatic rings. The number of hydrogen-bond donors (Lipinski definition) is 2. The molecule has 3 N–H and O–H groups in total. The van der Waals surface area contributed by atoms with Crippen molar-refractivity contribution in [2.45, 2.75) is 6.54 Å². The Morgan fingerprint density at radius 1 is 1.28 bits per heavy atom. The van der Waals surface area contributed by atoms with E-state index in [2.05, 4.69) is 15.3 Å². The Bertz CT molecular complexity index is 663. The molecule has 0 amide bonds. The third kappa shape index (κ3) is 2.26. The zero-order valence-electron chi connectivity index (χ0n) is 9.63. The maximum atomic E-state index is 5.75. The summed E-state index contributed by atoms with van der Waals surface area (Å²) < 4.78 is 1.10. The molecular weight excluding hydrogens is 244 g/mol. The molecule has 0 fully saturated rings. The second-order valence-electron chi connectivity index (χ2n) is 3.96. The summed E-state index contributed by atoms with van der Waals surface area (Å²) in [5.74, 6) is 0. The van der Waals surface area contributed by atoms with Crippen LogP contribution in [-0.2, 0) is 6.54 Å². The summed E-state index contributed by atoms with van der Waals surface area (Å²) in [6.45, 7) is 0.725. The van der Waals surface area contributed by atoms with Gasteiger partial charge in [0.25, 0.3) is 0 Å². The minimum absolute atomic E-state index is 0.725. The standard InChI is InChI=1S/C13H12N4S/c14-10-3-4-11-12(6-10)18-13(17-11)16-8-9-2-1-5-15-7-9/h1-7H,8,14H2,(H,16,17). The third-order valence-corrected chi connectivity index (χ3v) is 3.55. The molecule has 4 nitrogen and oxygen atoms in total. The molecule has 0 aliphatic carbocycles. The summed E-state index contributed by atoms with van der Waals surface area (Å²) >= 11 is 1.61. The number of pyridine rings is 1. The van der Waals surface area contributed by atoms with Crippen LogP contribution in [0, 0.1) is 0 Å². The van der Waals surface area contributed by atoms with Gasteiger partial charge in [-0.1, -0.05) is 17.4 Å². The van der Waals surface area contributed by atoms with E-state index < -0.39 is 0 Å². The van der Waals surface area contributed by atoms with Crippen molar-refractivity contribution < 1.29 is 0 Å². The number of aromatic nitrogens is 2. The molecule has 0 radical (unpaired) electrons. The number of fused-ring (bicyclic) bond motifs is 1. The first-order valence-electron chi connectivity index (χ1n) is 5.60. The lowest BCUT2D eigenvalue weighted by Crippen LogP contribution is -1.98. The SMILES string of the molecule is Nc1ccc2nc(NCc3cccnc3)sc2c1. The summed E-state index contributed by atoms with van der Waals surface area (Å²) in [4.78, 5) is 8.58. The maximum absolute atomic E-state index is 5.75. The van der Waals surface area contributed by atoms with Crippen LogP contribution in [0.25, 0.3) is 10.2 Å². The lowest BCUT2D eigenvalue weighted by molar-refractivity contribution is 1.11.